The molecule has 0 saturated carbocycles. The van der Waals surface area contributed by atoms with Crippen LogP contribution in [0.3, 0.4) is 0 Å². The number of benzene rings is 2. The van der Waals surface area contributed by atoms with Gasteiger partial charge in [-0.1, -0.05) is 36.4 Å². The van der Waals surface area contributed by atoms with Crippen LogP contribution in [0, 0.1) is 0 Å². The van der Waals surface area contributed by atoms with Crippen LogP contribution in [0.25, 0.3) is 0 Å². The first-order chi connectivity index (χ1) is 7.88. The van der Waals surface area contributed by atoms with Gasteiger partial charge in [0.15, 0.2) is 5.75 Å². The molecule has 0 spiro atoms. The monoisotopic (exact) mass is 215 g/mol. The summed E-state index contributed by atoms with van der Waals surface area (Å²) in [6, 6.07) is 17.2. The Morgan fingerprint density at radius 1 is 0.875 bits per heavy atom. The summed E-state index contributed by atoms with van der Waals surface area (Å²) in [4.78, 5) is 4.63. The minimum atomic E-state index is 0.537. The Balaban J connectivity index is 1.99. The molecular weight excluding hydrogens is 202 g/mol. The molecule has 3 heteroatoms. The molecule has 16 heavy (non-hydrogen) atoms. The highest BCUT2D eigenvalue weighted by molar-refractivity contribution is 5.32. The van der Waals surface area contributed by atoms with Crippen LogP contribution in [-0.2, 0) is 6.61 Å². The predicted molar refractivity (Wildman–Crippen MR) is 62.0 cm³/mol. The molecule has 0 aliphatic carbocycles. The Morgan fingerprint density at radius 3 is 2.38 bits per heavy atom. The molecule has 82 valence electrons. The molecule has 0 fully saturated rings. The minimum absolute atomic E-state index is 0.537. The highest BCUT2D eigenvalue weighted by Gasteiger charge is 1.97. The van der Waals surface area contributed by atoms with E-state index in [2.05, 4.69) is 4.84 Å². The van der Waals surface area contributed by atoms with Crippen molar-refractivity contribution in [2.24, 2.45) is 5.90 Å². The second-order valence-electron chi connectivity index (χ2n) is 3.37. The molecule has 0 amide bonds. The van der Waals surface area contributed by atoms with Crippen molar-refractivity contribution >= 4 is 0 Å². The van der Waals surface area contributed by atoms with E-state index in [1.54, 1.807) is 12.1 Å². The average molecular weight is 215 g/mol. The molecule has 0 bridgehead atoms. The normalized spacial score (nSPS) is 9.81. The Kier molecular flexibility index (Phi) is 3.41. The third kappa shape index (κ3) is 2.74. The van der Waals surface area contributed by atoms with Gasteiger partial charge in [0.2, 0.25) is 0 Å². The zero-order valence-corrected chi connectivity index (χ0v) is 8.80. The van der Waals surface area contributed by atoms with E-state index in [1.165, 1.54) is 0 Å². The quantitative estimate of drug-likeness (QED) is 0.797. The van der Waals surface area contributed by atoms with Crippen LogP contribution in [0.1, 0.15) is 5.56 Å². The van der Waals surface area contributed by atoms with Crippen LogP contribution in [0.2, 0.25) is 0 Å². The smallest absolute Gasteiger partial charge is 0.150 e. The first kappa shape index (κ1) is 10.5. The number of hydrogen-bond acceptors (Lipinski definition) is 3. The van der Waals surface area contributed by atoms with Crippen molar-refractivity contribution in [2.75, 3.05) is 0 Å². The number of ether oxygens (including phenoxy) is 1. The maximum absolute atomic E-state index is 5.60. The molecule has 0 unspecified atom stereocenters. The highest BCUT2D eigenvalue weighted by Crippen LogP contribution is 2.19. The van der Waals surface area contributed by atoms with Gasteiger partial charge in [0.05, 0.1) is 0 Å². The van der Waals surface area contributed by atoms with Crippen LogP contribution in [0.5, 0.6) is 11.5 Å². The second kappa shape index (κ2) is 5.19. The number of rotatable bonds is 4. The topological polar surface area (TPSA) is 44.5 Å². The van der Waals surface area contributed by atoms with Crippen LogP contribution >= 0.6 is 0 Å². The zero-order chi connectivity index (χ0) is 11.2. The lowest BCUT2D eigenvalue weighted by atomic mass is 10.2. The molecular formula is C13H13NO2. The molecule has 0 saturated heterocycles. The van der Waals surface area contributed by atoms with E-state index in [0.717, 1.165) is 11.3 Å². The fourth-order valence-electron chi connectivity index (χ4n) is 1.38. The van der Waals surface area contributed by atoms with Gasteiger partial charge >= 0.3 is 0 Å². The molecule has 2 N–H and O–H groups in total. The van der Waals surface area contributed by atoms with Gasteiger partial charge in [0.25, 0.3) is 0 Å². The van der Waals surface area contributed by atoms with Crippen LogP contribution < -0.4 is 15.5 Å². The second-order valence-corrected chi connectivity index (χ2v) is 3.37. The van der Waals surface area contributed by atoms with Crippen LogP contribution in [0.15, 0.2) is 54.6 Å². The predicted octanol–water partition coefficient (Wildman–Crippen LogP) is 2.52. The zero-order valence-electron chi connectivity index (χ0n) is 8.80. The van der Waals surface area contributed by atoms with E-state index >= 15 is 0 Å². The van der Waals surface area contributed by atoms with Gasteiger partial charge in [0, 0.05) is 6.07 Å². The Morgan fingerprint density at radius 2 is 1.62 bits per heavy atom. The lowest BCUT2D eigenvalue weighted by Crippen LogP contribution is -2.02. The molecule has 2 aromatic rings. The van der Waals surface area contributed by atoms with Crippen molar-refractivity contribution in [2.45, 2.75) is 6.61 Å². The summed E-state index contributed by atoms with van der Waals surface area (Å²) in [7, 11) is 0. The SMILES string of the molecule is NOc1cccc(OCc2ccccc2)c1. The standard InChI is InChI=1S/C13H13NO2/c14-16-13-8-4-7-12(9-13)15-10-11-5-2-1-3-6-11/h1-9H,10,14H2. The lowest BCUT2D eigenvalue weighted by molar-refractivity contribution is 0.298. The van der Waals surface area contributed by atoms with Gasteiger partial charge in [-0.15, -0.1) is 0 Å². The Bertz CT molecular complexity index is 443. The van der Waals surface area contributed by atoms with Gasteiger partial charge in [-0.2, -0.15) is 5.90 Å². The summed E-state index contributed by atoms with van der Waals surface area (Å²) in [5.74, 6) is 6.40. The van der Waals surface area contributed by atoms with Crippen molar-refractivity contribution in [3.05, 3.63) is 60.2 Å². The van der Waals surface area contributed by atoms with E-state index in [1.807, 2.05) is 42.5 Å². The average Bonchev–Trinajstić information content (AvgIpc) is 2.38. The molecule has 0 aromatic heterocycles. The summed E-state index contributed by atoms with van der Waals surface area (Å²) in [6.45, 7) is 0.537. The number of nitrogens with two attached hydrogens (primary N) is 1. The van der Waals surface area contributed by atoms with E-state index < -0.39 is 0 Å². The van der Waals surface area contributed by atoms with Gasteiger partial charge in [-0.3, -0.25) is 0 Å². The van der Waals surface area contributed by atoms with Crippen molar-refractivity contribution in [1.29, 1.82) is 0 Å². The fourth-order valence-corrected chi connectivity index (χ4v) is 1.38. The molecule has 0 aliphatic rings. The van der Waals surface area contributed by atoms with Crippen molar-refractivity contribution < 1.29 is 9.57 Å². The number of hydrogen-bond donors (Lipinski definition) is 1. The molecule has 0 radical (unpaired) electrons. The summed E-state index contributed by atoms with van der Waals surface area (Å²) in [5, 5.41) is 0. The Hall–Kier alpha value is -2.00. The van der Waals surface area contributed by atoms with Crippen LogP contribution in [-0.4, -0.2) is 0 Å². The van der Waals surface area contributed by atoms with Crippen molar-refractivity contribution in [3.63, 3.8) is 0 Å². The first-order valence-corrected chi connectivity index (χ1v) is 5.02. The largest absolute Gasteiger partial charge is 0.489 e. The third-order valence-corrected chi connectivity index (χ3v) is 2.19. The highest BCUT2D eigenvalue weighted by atomic mass is 16.6. The third-order valence-electron chi connectivity index (χ3n) is 2.19. The molecule has 3 nitrogen and oxygen atoms in total. The van der Waals surface area contributed by atoms with Crippen molar-refractivity contribution in [3.8, 4) is 11.5 Å². The van der Waals surface area contributed by atoms with Crippen LogP contribution in [0.4, 0.5) is 0 Å². The summed E-state index contributed by atoms with van der Waals surface area (Å²) in [6.07, 6.45) is 0. The summed E-state index contributed by atoms with van der Waals surface area (Å²) >= 11 is 0. The molecule has 2 rings (SSSR count). The van der Waals surface area contributed by atoms with Gasteiger partial charge in [-0.05, 0) is 17.7 Å². The Labute approximate surface area is 94.4 Å². The molecule has 2 aromatic carbocycles. The van der Waals surface area contributed by atoms with Gasteiger partial charge in [0.1, 0.15) is 12.4 Å². The minimum Gasteiger partial charge on any atom is -0.489 e. The molecule has 0 aliphatic heterocycles. The maximum atomic E-state index is 5.60. The lowest BCUT2D eigenvalue weighted by Gasteiger charge is -2.07. The van der Waals surface area contributed by atoms with Gasteiger partial charge < -0.3 is 9.57 Å². The van der Waals surface area contributed by atoms with E-state index in [4.69, 9.17) is 10.6 Å². The molecule has 0 atom stereocenters. The van der Waals surface area contributed by atoms with Gasteiger partial charge in [-0.25, -0.2) is 0 Å². The van der Waals surface area contributed by atoms with E-state index in [-0.39, 0.29) is 0 Å². The summed E-state index contributed by atoms with van der Waals surface area (Å²) in [5.41, 5.74) is 1.13. The van der Waals surface area contributed by atoms with E-state index in [9.17, 15) is 0 Å². The van der Waals surface area contributed by atoms with Crippen molar-refractivity contribution in [1.82, 2.24) is 0 Å². The first-order valence-electron chi connectivity index (χ1n) is 5.02. The maximum Gasteiger partial charge on any atom is 0.150 e. The summed E-state index contributed by atoms with van der Waals surface area (Å²) < 4.78 is 5.60. The van der Waals surface area contributed by atoms with E-state index in [0.29, 0.717) is 12.4 Å². The fraction of sp³-hybridized carbons (Fsp3) is 0.0769. The molecule has 0 heterocycles.